The summed E-state index contributed by atoms with van der Waals surface area (Å²) in [5.74, 6) is -0.209. The van der Waals surface area contributed by atoms with Gasteiger partial charge in [0.15, 0.2) is 0 Å². The van der Waals surface area contributed by atoms with Crippen LogP contribution in [0.1, 0.15) is 29.6 Å². The molecule has 0 unspecified atom stereocenters. The molecule has 3 N–H and O–H groups in total. The number of carbonyl (C=O) groups excluding carboxylic acids is 1. The molecule has 1 aliphatic rings. The number of nitrogens with zero attached hydrogens (tertiary/aromatic N) is 2. The molecule has 1 aromatic carbocycles. The Balaban J connectivity index is 1.57. The topological polar surface area (TPSA) is 94.6 Å². The number of piperidine rings is 1. The number of anilines is 2. The lowest BCUT2D eigenvalue weighted by molar-refractivity contribution is -0.137. The van der Waals surface area contributed by atoms with Crippen LogP contribution in [0.4, 0.5) is 11.5 Å². The second kappa shape index (κ2) is 10.6. The minimum atomic E-state index is -0.763. The lowest BCUT2D eigenvalue weighted by Gasteiger charge is -2.32. The number of rotatable bonds is 8. The zero-order chi connectivity index (χ0) is 21.5. The van der Waals surface area contributed by atoms with Gasteiger partial charge in [0.2, 0.25) is 0 Å². The van der Waals surface area contributed by atoms with E-state index in [4.69, 9.17) is 28.3 Å². The minimum absolute atomic E-state index is 0.175. The first kappa shape index (κ1) is 22.3. The van der Waals surface area contributed by atoms with Gasteiger partial charge in [0.25, 0.3) is 5.91 Å². The molecule has 1 aromatic heterocycles. The number of nitrogens with one attached hydrogen (secondary N) is 2. The van der Waals surface area contributed by atoms with Crippen LogP contribution < -0.4 is 10.6 Å². The van der Waals surface area contributed by atoms with E-state index in [-0.39, 0.29) is 12.3 Å². The van der Waals surface area contributed by atoms with E-state index in [1.807, 2.05) is 0 Å². The Morgan fingerprint density at radius 3 is 2.53 bits per heavy atom. The summed E-state index contributed by atoms with van der Waals surface area (Å²) in [5.41, 5.74) is 1.15. The van der Waals surface area contributed by atoms with Gasteiger partial charge < -0.3 is 20.6 Å². The van der Waals surface area contributed by atoms with Crippen molar-refractivity contribution in [3.63, 3.8) is 0 Å². The Bertz CT molecular complexity index is 884. The van der Waals surface area contributed by atoms with Crippen molar-refractivity contribution >= 4 is 46.6 Å². The smallest absolute Gasteiger partial charge is 0.304 e. The molecular formula is C21H24Cl2N4O3. The number of halogens is 2. The fourth-order valence-electron chi connectivity index (χ4n) is 3.41. The number of likely N-dealkylation sites (tertiary alicyclic amines) is 1. The molecule has 9 heteroatoms. The summed E-state index contributed by atoms with van der Waals surface area (Å²) in [6.07, 6.45) is 3.61. The molecule has 2 heterocycles. The Labute approximate surface area is 185 Å². The second-order valence-corrected chi connectivity index (χ2v) is 8.19. The Hall–Kier alpha value is -2.35. The number of amides is 1. The summed E-state index contributed by atoms with van der Waals surface area (Å²) < 4.78 is 0. The number of hydrogen-bond acceptors (Lipinski definition) is 5. The van der Waals surface area contributed by atoms with Gasteiger partial charge in [0, 0.05) is 30.0 Å². The van der Waals surface area contributed by atoms with Gasteiger partial charge in [0.05, 0.1) is 17.0 Å². The summed E-state index contributed by atoms with van der Waals surface area (Å²) in [5, 5.41) is 15.9. The van der Waals surface area contributed by atoms with E-state index in [0.717, 1.165) is 32.5 Å². The van der Waals surface area contributed by atoms with Gasteiger partial charge in [-0.25, -0.2) is 4.98 Å². The van der Waals surface area contributed by atoms with Crippen molar-refractivity contribution in [1.29, 1.82) is 0 Å². The normalized spacial score (nSPS) is 15.0. The molecule has 1 aliphatic heterocycles. The van der Waals surface area contributed by atoms with Crippen LogP contribution in [0.2, 0.25) is 10.0 Å². The highest BCUT2D eigenvalue weighted by molar-refractivity contribution is 6.31. The maximum atomic E-state index is 12.8. The number of hydrogen-bond donors (Lipinski definition) is 3. The fraction of sp³-hybridized carbons (Fsp3) is 0.381. The van der Waals surface area contributed by atoms with Gasteiger partial charge in [-0.05, 0) is 62.2 Å². The van der Waals surface area contributed by atoms with E-state index in [2.05, 4.69) is 20.5 Å². The molecule has 7 nitrogen and oxygen atoms in total. The van der Waals surface area contributed by atoms with Crippen LogP contribution in [0.15, 0.2) is 36.5 Å². The van der Waals surface area contributed by atoms with Crippen molar-refractivity contribution in [1.82, 2.24) is 9.88 Å². The SMILES string of the molecule is O=C(O)CCN1CCC(CNc2ccc(Cl)cc2C(=O)Nc2ccc(Cl)cn2)CC1. The number of pyridine rings is 1. The Morgan fingerprint density at radius 1 is 1.13 bits per heavy atom. The van der Waals surface area contributed by atoms with Crippen molar-refractivity contribution in [3.05, 3.63) is 52.1 Å². The number of carboxylic acid groups (broad SMARTS) is 1. The van der Waals surface area contributed by atoms with Gasteiger partial charge >= 0.3 is 5.97 Å². The molecule has 0 atom stereocenters. The van der Waals surface area contributed by atoms with Gasteiger partial charge in [-0.2, -0.15) is 0 Å². The standard InChI is InChI=1S/C21H24Cl2N4O3/c22-15-1-3-18(17(11-15)21(30)26-19-4-2-16(23)13-25-19)24-12-14-5-8-27(9-6-14)10-7-20(28)29/h1-4,11,13-14,24H,5-10,12H2,(H,28,29)(H,25,26,30). The summed E-state index contributed by atoms with van der Waals surface area (Å²) in [6.45, 7) is 3.09. The highest BCUT2D eigenvalue weighted by Gasteiger charge is 2.20. The summed E-state index contributed by atoms with van der Waals surface area (Å²) in [7, 11) is 0. The molecule has 1 fully saturated rings. The highest BCUT2D eigenvalue weighted by atomic mass is 35.5. The number of aromatic nitrogens is 1. The number of benzene rings is 1. The predicted molar refractivity (Wildman–Crippen MR) is 119 cm³/mol. The molecule has 2 aromatic rings. The third kappa shape index (κ3) is 6.58. The number of carbonyl (C=O) groups is 2. The van der Waals surface area contributed by atoms with E-state index < -0.39 is 5.97 Å². The average molecular weight is 451 g/mol. The Kier molecular flexibility index (Phi) is 7.90. The third-order valence-electron chi connectivity index (χ3n) is 5.13. The van der Waals surface area contributed by atoms with Gasteiger partial charge in [-0.1, -0.05) is 23.2 Å². The summed E-state index contributed by atoms with van der Waals surface area (Å²) >= 11 is 11.9. The minimum Gasteiger partial charge on any atom is -0.481 e. The zero-order valence-corrected chi connectivity index (χ0v) is 17.9. The Morgan fingerprint density at radius 2 is 1.87 bits per heavy atom. The van der Waals surface area contributed by atoms with Crippen LogP contribution in [-0.2, 0) is 4.79 Å². The molecule has 3 rings (SSSR count). The van der Waals surface area contributed by atoms with Crippen LogP contribution >= 0.6 is 23.2 Å². The quantitative estimate of drug-likeness (QED) is 0.556. The van der Waals surface area contributed by atoms with E-state index in [1.165, 1.54) is 6.20 Å². The molecule has 1 saturated heterocycles. The monoisotopic (exact) mass is 450 g/mol. The lowest BCUT2D eigenvalue weighted by atomic mass is 9.96. The van der Waals surface area contributed by atoms with Crippen LogP contribution in [0.25, 0.3) is 0 Å². The maximum absolute atomic E-state index is 12.8. The summed E-state index contributed by atoms with van der Waals surface area (Å²) in [4.78, 5) is 29.7. The molecule has 160 valence electrons. The van der Waals surface area contributed by atoms with Crippen LogP contribution in [0.3, 0.4) is 0 Å². The molecule has 0 radical (unpaired) electrons. The highest BCUT2D eigenvalue weighted by Crippen LogP contribution is 2.24. The first-order chi connectivity index (χ1) is 14.4. The van der Waals surface area contributed by atoms with Crippen molar-refractivity contribution in [2.24, 2.45) is 5.92 Å². The van der Waals surface area contributed by atoms with Gasteiger partial charge in [-0.15, -0.1) is 0 Å². The van der Waals surface area contributed by atoms with Crippen LogP contribution in [-0.4, -0.2) is 53.0 Å². The van der Waals surface area contributed by atoms with Gasteiger partial charge in [0.1, 0.15) is 5.82 Å². The first-order valence-corrected chi connectivity index (χ1v) is 10.6. The van der Waals surface area contributed by atoms with Crippen molar-refractivity contribution in [2.75, 3.05) is 36.8 Å². The molecule has 1 amide bonds. The van der Waals surface area contributed by atoms with E-state index in [1.54, 1.807) is 30.3 Å². The van der Waals surface area contributed by atoms with Crippen LogP contribution in [0.5, 0.6) is 0 Å². The molecule has 0 bridgehead atoms. The number of aliphatic carboxylic acids is 1. The van der Waals surface area contributed by atoms with E-state index in [9.17, 15) is 9.59 Å². The van der Waals surface area contributed by atoms with Crippen molar-refractivity contribution in [3.8, 4) is 0 Å². The van der Waals surface area contributed by atoms with E-state index in [0.29, 0.717) is 39.6 Å². The largest absolute Gasteiger partial charge is 0.481 e. The molecular weight excluding hydrogens is 427 g/mol. The number of carboxylic acids is 1. The van der Waals surface area contributed by atoms with E-state index >= 15 is 0 Å². The maximum Gasteiger partial charge on any atom is 0.304 e. The van der Waals surface area contributed by atoms with Crippen molar-refractivity contribution in [2.45, 2.75) is 19.3 Å². The average Bonchev–Trinajstić information content (AvgIpc) is 2.73. The zero-order valence-electron chi connectivity index (χ0n) is 16.4. The van der Waals surface area contributed by atoms with Crippen molar-refractivity contribution < 1.29 is 14.7 Å². The molecule has 0 spiro atoms. The summed E-state index contributed by atoms with van der Waals surface area (Å²) in [6, 6.07) is 8.47. The lowest BCUT2D eigenvalue weighted by Crippen LogP contribution is -2.37. The fourth-order valence-corrected chi connectivity index (χ4v) is 3.70. The second-order valence-electron chi connectivity index (χ2n) is 7.32. The predicted octanol–water partition coefficient (Wildman–Crippen LogP) is 4.24. The molecule has 30 heavy (non-hydrogen) atoms. The van der Waals surface area contributed by atoms with Gasteiger partial charge in [-0.3, -0.25) is 9.59 Å². The first-order valence-electron chi connectivity index (χ1n) is 9.81. The molecule has 0 saturated carbocycles. The molecule has 0 aliphatic carbocycles. The van der Waals surface area contributed by atoms with Crippen LogP contribution in [0, 0.1) is 5.92 Å². The third-order valence-corrected chi connectivity index (χ3v) is 5.58.